The molecule has 226 valence electrons. The van der Waals surface area contributed by atoms with E-state index < -0.39 is 0 Å². The van der Waals surface area contributed by atoms with Gasteiger partial charge >= 0.3 is 0 Å². The molecule has 4 aromatic heterocycles. The fourth-order valence-electron chi connectivity index (χ4n) is 7.32. The van der Waals surface area contributed by atoms with Gasteiger partial charge in [0.25, 0.3) is 5.65 Å². The van der Waals surface area contributed by atoms with Crippen LogP contribution in [0.15, 0.2) is 138 Å². The summed E-state index contributed by atoms with van der Waals surface area (Å²) in [5.41, 5.74) is 10.3. The molecular formula is C42H28N5O+. The first-order chi connectivity index (χ1) is 23.6. The maximum atomic E-state index is 6.65. The van der Waals surface area contributed by atoms with Crippen LogP contribution in [0.25, 0.3) is 94.5 Å². The Morgan fingerprint density at radius 2 is 1.17 bits per heavy atom. The van der Waals surface area contributed by atoms with Crippen LogP contribution >= 0.6 is 0 Å². The van der Waals surface area contributed by atoms with Crippen molar-refractivity contribution in [2.75, 3.05) is 0 Å². The van der Waals surface area contributed by atoms with E-state index in [0.717, 1.165) is 49.5 Å². The van der Waals surface area contributed by atoms with Crippen molar-refractivity contribution in [1.82, 2.24) is 19.4 Å². The normalized spacial score (nSPS) is 12.0. The Morgan fingerprint density at radius 3 is 1.90 bits per heavy atom. The van der Waals surface area contributed by atoms with E-state index in [0.29, 0.717) is 17.5 Å². The van der Waals surface area contributed by atoms with Crippen LogP contribution in [0.1, 0.15) is 5.56 Å². The van der Waals surface area contributed by atoms with Gasteiger partial charge in [-0.05, 0) is 48.9 Å². The third-order valence-corrected chi connectivity index (χ3v) is 9.59. The number of para-hydroxylation sites is 2. The number of imidazole rings is 1. The molecule has 0 saturated heterocycles. The molecule has 0 aliphatic carbocycles. The van der Waals surface area contributed by atoms with Gasteiger partial charge in [0, 0.05) is 38.2 Å². The third kappa shape index (κ3) is 3.86. The number of benzene rings is 6. The minimum absolute atomic E-state index is 0.602. The number of hydrogen-bond donors (Lipinski definition) is 0. The van der Waals surface area contributed by atoms with Gasteiger partial charge in [0.15, 0.2) is 28.5 Å². The van der Waals surface area contributed by atoms with Crippen LogP contribution in [0, 0.1) is 6.92 Å². The highest BCUT2D eigenvalue weighted by Crippen LogP contribution is 2.39. The van der Waals surface area contributed by atoms with Gasteiger partial charge in [-0.2, -0.15) is 4.40 Å². The number of aromatic nitrogens is 5. The molecule has 48 heavy (non-hydrogen) atoms. The van der Waals surface area contributed by atoms with Crippen molar-refractivity contribution in [1.29, 1.82) is 0 Å². The van der Waals surface area contributed by atoms with E-state index in [9.17, 15) is 0 Å². The van der Waals surface area contributed by atoms with Crippen molar-refractivity contribution in [2.24, 2.45) is 7.05 Å². The molecular weight excluding hydrogens is 590 g/mol. The molecule has 10 aromatic rings. The first kappa shape index (κ1) is 26.8. The first-order valence-corrected chi connectivity index (χ1v) is 16.1. The SMILES string of the molecule is Cc1cccc2c3cc4oc5cc(-c6nc(-c7ccccc7)nc(-c7ccccc7)n6)ccc5c4cc3n3c4ccccc4[n+](C)c3c12. The molecule has 0 fully saturated rings. The van der Waals surface area contributed by atoms with Crippen molar-refractivity contribution in [2.45, 2.75) is 6.92 Å². The summed E-state index contributed by atoms with van der Waals surface area (Å²) in [5, 5.41) is 5.75. The van der Waals surface area contributed by atoms with Gasteiger partial charge in [-0.15, -0.1) is 0 Å². The van der Waals surface area contributed by atoms with Gasteiger partial charge in [0.2, 0.25) is 0 Å². The van der Waals surface area contributed by atoms with Gasteiger partial charge in [-0.1, -0.05) is 97.1 Å². The Hall–Kier alpha value is -6.40. The van der Waals surface area contributed by atoms with E-state index in [1.54, 1.807) is 0 Å². The highest BCUT2D eigenvalue weighted by molar-refractivity contribution is 6.19. The molecule has 0 amide bonds. The minimum Gasteiger partial charge on any atom is -0.456 e. The average Bonchev–Trinajstić information content (AvgIpc) is 3.65. The second-order valence-corrected chi connectivity index (χ2v) is 12.4. The number of nitrogens with zero attached hydrogens (tertiary/aromatic N) is 5. The zero-order chi connectivity index (χ0) is 31.9. The lowest BCUT2D eigenvalue weighted by Crippen LogP contribution is -2.27. The molecule has 0 aliphatic heterocycles. The largest absolute Gasteiger partial charge is 0.456 e. The zero-order valence-corrected chi connectivity index (χ0v) is 26.3. The fourth-order valence-corrected chi connectivity index (χ4v) is 7.32. The lowest BCUT2D eigenvalue weighted by Gasteiger charge is -2.08. The monoisotopic (exact) mass is 618 g/mol. The quantitative estimate of drug-likeness (QED) is 0.146. The third-order valence-electron chi connectivity index (χ3n) is 9.59. The van der Waals surface area contributed by atoms with Gasteiger partial charge in [-0.3, -0.25) is 0 Å². The van der Waals surface area contributed by atoms with Crippen molar-refractivity contribution < 1.29 is 8.98 Å². The molecule has 0 bridgehead atoms. The predicted octanol–water partition coefficient (Wildman–Crippen LogP) is 9.62. The number of pyridine rings is 1. The Balaban J connectivity index is 1.23. The number of rotatable bonds is 3. The maximum Gasteiger partial charge on any atom is 0.295 e. The summed E-state index contributed by atoms with van der Waals surface area (Å²) >= 11 is 0. The van der Waals surface area contributed by atoms with Crippen LogP contribution in [0.2, 0.25) is 0 Å². The topological polar surface area (TPSA) is 60.1 Å². The predicted molar refractivity (Wildman–Crippen MR) is 193 cm³/mol. The summed E-state index contributed by atoms with van der Waals surface area (Å²) in [7, 11) is 2.16. The molecule has 4 heterocycles. The van der Waals surface area contributed by atoms with Crippen LogP contribution in [0.5, 0.6) is 0 Å². The number of aryl methyl sites for hydroxylation is 2. The zero-order valence-electron chi connectivity index (χ0n) is 26.3. The van der Waals surface area contributed by atoms with E-state index in [1.165, 1.54) is 33.0 Å². The summed E-state index contributed by atoms with van der Waals surface area (Å²) in [6, 6.07) is 46.1. The first-order valence-electron chi connectivity index (χ1n) is 16.1. The Kier molecular flexibility index (Phi) is 5.61. The summed E-state index contributed by atoms with van der Waals surface area (Å²) < 4.78 is 11.4. The number of hydrogen-bond acceptors (Lipinski definition) is 4. The molecule has 6 heteroatoms. The second-order valence-electron chi connectivity index (χ2n) is 12.4. The summed E-state index contributed by atoms with van der Waals surface area (Å²) in [5.74, 6) is 1.87. The molecule has 0 radical (unpaired) electrons. The molecule has 0 atom stereocenters. The Labute approximate surface area is 275 Å². The Morgan fingerprint density at radius 1 is 0.521 bits per heavy atom. The summed E-state index contributed by atoms with van der Waals surface area (Å²) in [6.45, 7) is 2.20. The van der Waals surface area contributed by atoms with E-state index in [-0.39, 0.29) is 0 Å². The van der Waals surface area contributed by atoms with Gasteiger partial charge in [0.05, 0.1) is 12.4 Å². The fraction of sp³-hybridized carbons (Fsp3) is 0.0476. The van der Waals surface area contributed by atoms with Crippen LogP contribution in [0.4, 0.5) is 0 Å². The van der Waals surface area contributed by atoms with E-state index >= 15 is 0 Å². The Bertz CT molecular complexity index is 2850. The van der Waals surface area contributed by atoms with Crippen molar-refractivity contribution >= 4 is 60.3 Å². The molecule has 0 spiro atoms. The standard InChI is InChI=1S/C42H28N5O/c1-25-12-11-17-30-31-24-37-32(23-35(31)47-34-19-10-9-18-33(34)46(2)42(47)38(25)30)29-21-20-28(22-36(29)48-37)41-44-39(26-13-5-3-6-14-26)43-40(45-41)27-15-7-4-8-16-27/h3-24H,1-2H3/q+1. The molecule has 0 unspecified atom stereocenters. The molecule has 0 saturated carbocycles. The van der Waals surface area contributed by atoms with Gasteiger partial charge < -0.3 is 4.42 Å². The molecule has 10 rings (SSSR count). The van der Waals surface area contributed by atoms with E-state index in [1.807, 2.05) is 60.7 Å². The van der Waals surface area contributed by atoms with E-state index in [4.69, 9.17) is 19.4 Å². The van der Waals surface area contributed by atoms with Crippen molar-refractivity contribution in [3.05, 3.63) is 139 Å². The van der Waals surface area contributed by atoms with Crippen LogP contribution in [0.3, 0.4) is 0 Å². The molecule has 0 aliphatic rings. The summed E-state index contributed by atoms with van der Waals surface area (Å²) in [6.07, 6.45) is 0. The number of furan rings is 1. The molecule has 6 aromatic carbocycles. The molecule has 0 N–H and O–H groups in total. The number of fused-ring (bicyclic) bond motifs is 11. The highest BCUT2D eigenvalue weighted by Gasteiger charge is 2.25. The van der Waals surface area contributed by atoms with Crippen LogP contribution < -0.4 is 4.57 Å². The summed E-state index contributed by atoms with van der Waals surface area (Å²) in [4.78, 5) is 14.7. The minimum atomic E-state index is 0.602. The smallest absolute Gasteiger partial charge is 0.295 e. The van der Waals surface area contributed by atoms with E-state index in [2.05, 4.69) is 95.7 Å². The lowest BCUT2D eigenvalue weighted by molar-refractivity contribution is -0.617. The maximum absolute atomic E-state index is 6.65. The van der Waals surface area contributed by atoms with Crippen LogP contribution in [-0.4, -0.2) is 19.4 Å². The lowest BCUT2D eigenvalue weighted by atomic mass is 10.0. The van der Waals surface area contributed by atoms with Crippen molar-refractivity contribution in [3.8, 4) is 34.2 Å². The van der Waals surface area contributed by atoms with Gasteiger partial charge in [-0.25, -0.2) is 19.5 Å². The second kappa shape index (κ2) is 10.0. The molecule has 6 nitrogen and oxygen atoms in total. The average molecular weight is 619 g/mol. The highest BCUT2D eigenvalue weighted by atomic mass is 16.3. The van der Waals surface area contributed by atoms with Crippen molar-refractivity contribution in [3.63, 3.8) is 0 Å². The van der Waals surface area contributed by atoms with Crippen LogP contribution in [-0.2, 0) is 7.05 Å². The van der Waals surface area contributed by atoms with Gasteiger partial charge in [0.1, 0.15) is 16.7 Å².